The molecule has 4 nitrogen and oxygen atoms in total. The molecular formula is C13H19NO3. The minimum absolute atomic E-state index is 0.165. The largest absolute Gasteiger partial charge is 0.508 e. The van der Waals surface area contributed by atoms with Gasteiger partial charge in [0.2, 0.25) is 0 Å². The van der Waals surface area contributed by atoms with E-state index in [1.165, 1.54) is 12.8 Å². The predicted octanol–water partition coefficient (Wildman–Crippen LogP) is 2.22. The third kappa shape index (κ3) is 2.47. The van der Waals surface area contributed by atoms with E-state index in [-0.39, 0.29) is 11.8 Å². The molecule has 0 spiro atoms. The zero-order valence-corrected chi connectivity index (χ0v) is 10.3. The first-order chi connectivity index (χ1) is 8.26. The van der Waals surface area contributed by atoms with Crippen LogP contribution in [0.1, 0.15) is 30.9 Å². The predicted molar refractivity (Wildman–Crippen MR) is 65.8 cm³/mol. The lowest BCUT2D eigenvalue weighted by atomic mass is 9.95. The fraction of sp³-hybridized carbons (Fsp3) is 0.538. The third-order valence-electron chi connectivity index (χ3n) is 3.19. The van der Waals surface area contributed by atoms with Crippen LogP contribution in [0.25, 0.3) is 0 Å². The second kappa shape index (κ2) is 5.27. The highest BCUT2D eigenvalue weighted by Crippen LogP contribution is 2.40. The Morgan fingerprint density at radius 2 is 1.82 bits per heavy atom. The fourth-order valence-electron chi connectivity index (χ4n) is 2.37. The van der Waals surface area contributed by atoms with Crippen LogP contribution < -0.4 is 14.8 Å². The standard InChI is InChI=1S/C13H19NO3/c1-16-11-7-9(15)8-12(17-2)13(11)10-5-3-4-6-14-10/h7-8,10,14-15H,3-6H2,1-2H3/t10-/m0/s1. The van der Waals surface area contributed by atoms with Crippen molar-refractivity contribution >= 4 is 0 Å². The molecule has 4 heteroatoms. The number of aromatic hydroxyl groups is 1. The Kier molecular flexibility index (Phi) is 3.74. The van der Waals surface area contributed by atoms with Gasteiger partial charge in [0.05, 0.1) is 19.8 Å². The monoisotopic (exact) mass is 237 g/mol. The maximum absolute atomic E-state index is 9.60. The number of nitrogens with one attached hydrogen (secondary N) is 1. The van der Waals surface area contributed by atoms with Gasteiger partial charge in [-0.25, -0.2) is 0 Å². The second-order valence-corrected chi connectivity index (χ2v) is 4.27. The van der Waals surface area contributed by atoms with Gasteiger partial charge in [-0.05, 0) is 19.4 Å². The van der Waals surface area contributed by atoms with Crippen LogP contribution in [0.4, 0.5) is 0 Å². The first kappa shape index (κ1) is 12.0. The average molecular weight is 237 g/mol. The smallest absolute Gasteiger partial charge is 0.131 e. The van der Waals surface area contributed by atoms with Crippen LogP contribution in [0, 0.1) is 0 Å². The van der Waals surface area contributed by atoms with Crippen molar-refractivity contribution in [2.75, 3.05) is 20.8 Å². The molecule has 1 aromatic carbocycles. The molecule has 1 aliphatic rings. The maximum Gasteiger partial charge on any atom is 0.131 e. The van der Waals surface area contributed by atoms with Crippen LogP contribution in [0.3, 0.4) is 0 Å². The van der Waals surface area contributed by atoms with Crippen molar-refractivity contribution in [3.05, 3.63) is 17.7 Å². The highest BCUT2D eigenvalue weighted by molar-refractivity contribution is 5.52. The minimum atomic E-state index is 0.165. The number of ether oxygens (including phenoxy) is 2. The number of hydrogen-bond donors (Lipinski definition) is 2. The van der Waals surface area contributed by atoms with Crippen molar-refractivity contribution < 1.29 is 14.6 Å². The van der Waals surface area contributed by atoms with Crippen LogP contribution in [0.5, 0.6) is 17.2 Å². The number of piperidine rings is 1. The van der Waals surface area contributed by atoms with Gasteiger partial charge in [0, 0.05) is 18.2 Å². The van der Waals surface area contributed by atoms with Gasteiger partial charge in [-0.3, -0.25) is 0 Å². The Bertz CT molecular complexity index is 361. The van der Waals surface area contributed by atoms with E-state index in [0.29, 0.717) is 11.5 Å². The normalized spacial score (nSPS) is 20.0. The quantitative estimate of drug-likeness (QED) is 0.846. The number of rotatable bonds is 3. The van der Waals surface area contributed by atoms with Crippen molar-refractivity contribution in [1.29, 1.82) is 0 Å². The highest BCUT2D eigenvalue weighted by Gasteiger charge is 2.23. The van der Waals surface area contributed by atoms with Crippen LogP contribution in [0.2, 0.25) is 0 Å². The summed E-state index contributed by atoms with van der Waals surface area (Å²) in [5.74, 6) is 1.53. The lowest BCUT2D eigenvalue weighted by molar-refractivity contribution is 0.343. The number of methoxy groups -OCH3 is 2. The molecule has 1 atom stereocenters. The summed E-state index contributed by atoms with van der Waals surface area (Å²) in [5.41, 5.74) is 1.01. The van der Waals surface area contributed by atoms with Gasteiger partial charge in [-0.2, -0.15) is 0 Å². The lowest BCUT2D eigenvalue weighted by Gasteiger charge is -2.27. The number of phenolic OH excluding ortho intramolecular Hbond substituents is 1. The van der Waals surface area contributed by atoms with E-state index in [4.69, 9.17) is 9.47 Å². The van der Waals surface area contributed by atoms with E-state index in [1.807, 2.05) is 0 Å². The molecule has 0 bridgehead atoms. The van der Waals surface area contributed by atoms with Crippen LogP contribution >= 0.6 is 0 Å². The van der Waals surface area contributed by atoms with Gasteiger partial charge in [0.25, 0.3) is 0 Å². The molecule has 1 heterocycles. The molecule has 0 amide bonds. The van der Waals surface area contributed by atoms with Crippen molar-refractivity contribution in [3.8, 4) is 17.2 Å². The molecule has 0 radical (unpaired) electrons. The van der Waals surface area contributed by atoms with E-state index < -0.39 is 0 Å². The minimum Gasteiger partial charge on any atom is -0.508 e. The van der Waals surface area contributed by atoms with E-state index in [1.54, 1.807) is 26.4 Å². The molecule has 1 fully saturated rings. The summed E-state index contributed by atoms with van der Waals surface area (Å²) in [6, 6.07) is 3.51. The molecular weight excluding hydrogens is 218 g/mol. The summed E-state index contributed by atoms with van der Waals surface area (Å²) < 4.78 is 10.7. The van der Waals surface area contributed by atoms with Gasteiger partial charge < -0.3 is 19.9 Å². The van der Waals surface area contributed by atoms with E-state index in [2.05, 4.69) is 5.32 Å². The van der Waals surface area contributed by atoms with Crippen LogP contribution in [-0.4, -0.2) is 25.9 Å². The zero-order valence-electron chi connectivity index (χ0n) is 10.3. The lowest BCUT2D eigenvalue weighted by Crippen LogP contribution is -2.27. The van der Waals surface area contributed by atoms with E-state index >= 15 is 0 Å². The first-order valence-electron chi connectivity index (χ1n) is 5.94. The topological polar surface area (TPSA) is 50.7 Å². The van der Waals surface area contributed by atoms with Gasteiger partial charge in [-0.15, -0.1) is 0 Å². The summed E-state index contributed by atoms with van der Waals surface area (Å²) in [6.07, 6.45) is 3.47. The van der Waals surface area contributed by atoms with Gasteiger partial charge in [0.1, 0.15) is 17.2 Å². The molecule has 2 N–H and O–H groups in total. The SMILES string of the molecule is COc1cc(O)cc(OC)c1[C@@H]1CCCCN1. The Hall–Kier alpha value is -1.42. The molecule has 2 rings (SSSR count). The molecule has 1 aromatic rings. The van der Waals surface area contributed by atoms with Crippen molar-refractivity contribution in [2.24, 2.45) is 0 Å². The van der Waals surface area contributed by atoms with Gasteiger partial charge in [-0.1, -0.05) is 6.42 Å². The molecule has 94 valence electrons. The molecule has 0 aliphatic carbocycles. The molecule has 1 aliphatic heterocycles. The first-order valence-corrected chi connectivity index (χ1v) is 5.94. The zero-order chi connectivity index (χ0) is 12.3. The van der Waals surface area contributed by atoms with E-state index in [0.717, 1.165) is 18.5 Å². The molecule has 0 saturated carbocycles. The Morgan fingerprint density at radius 1 is 1.18 bits per heavy atom. The highest BCUT2D eigenvalue weighted by atomic mass is 16.5. The van der Waals surface area contributed by atoms with Crippen molar-refractivity contribution in [2.45, 2.75) is 25.3 Å². The van der Waals surface area contributed by atoms with Gasteiger partial charge >= 0.3 is 0 Å². The molecule has 17 heavy (non-hydrogen) atoms. The van der Waals surface area contributed by atoms with Crippen LogP contribution in [-0.2, 0) is 0 Å². The Morgan fingerprint density at radius 3 is 2.29 bits per heavy atom. The number of benzene rings is 1. The third-order valence-corrected chi connectivity index (χ3v) is 3.19. The molecule has 0 unspecified atom stereocenters. The Labute approximate surface area is 102 Å². The Balaban J connectivity index is 2.41. The van der Waals surface area contributed by atoms with Crippen LogP contribution in [0.15, 0.2) is 12.1 Å². The average Bonchev–Trinajstić information content (AvgIpc) is 2.38. The van der Waals surface area contributed by atoms with Gasteiger partial charge in [0.15, 0.2) is 0 Å². The number of hydrogen-bond acceptors (Lipinski definition) is 4. The summed E-state index contributed by atoms with van der Waals surface area (Å²) in [7, 11) is 3.22. The maximum atomic E-state index is 9.60. The molecule has 1 saturated heterocycles. The summed E-state index contributed by atoms with van der Waals surface area (Å²) in [4.78, 5) is 0. The summed E-state index contributed by atoms with van der Waals surface area (Å²) >= 11 is 0. The van der Waals surface area contributed by atoms with E-state index in [9.17, 15) is 5.11 Å². The fourth-order valence-corrected chi connectivity index (χ4v) is 2.37. The van der Waals surface area contributed by atoms with Crippen molar-refractivity contribution in [3.63, 3.8) is 0 Å². The molecule has 0 aromatic heterocycles. The summed E-state index contributed by atoms with van der Waals surface area (Å²) in [5, 5.41) is 13.1. The second-order valence-electron chi connectivity index (χ2n) is 4.27. The number of phenols is 1. The summed E-state index contributed by atoms with van der Waals surface area (Å²) in [6.45, 7) is 1.01. The van der Waals surface area contributed by atoms with Crippen molar-refractivity contribution in [1.82, 2.24) is 5.32 Å².